The van der Waals surface area contributed by atoms with E-state index in [2.05, 4.69) is 231 Å². The second-order valence-corrected chi connectivity index (χ2v) is 20.4. The Balaban J connectivity index is 0.000000158. The number of rotatable bonds is 3. The minimum atomic E-state index is -0.344. The van der Waals surface area contributed by atoms with Crippen LogP contribution < -0.4 is 0 Å². The van der Waals surface area contributed by atoms with Crippen LogP contribution in [0.25, 0.3) is 42.1 Å². The second-order valence-electron chi connectivity index (χ2n) is 19.3. The van der Waals surface area contributed by atoms with Gasteiger partial charge in [0.05, 0.1) is 5.41 Å². The zero-order valence-electron chi connectivity index (χ0n) is 44.7. The van der Waals surface area contributed by atoms with Crippen molar-refractivity contribution in [2.24, 2.45) is 0 Å². The van der Waals surface area contributed by atoms with Gasteiger partial charge in [0.1, 0.15) is 5.82 Å². The first-order chi connectivity index (χ1) is 35.3. The SMILES string of the molecule is CC.CC(C)c1ccccc1.Cc1ccc2sc3ccccc3c2c1.Cc1cccc(C2(c3cccc(C)c3)c3cc(C)ccc3-c3c2cc(C)c2ccccc32)c1.Cc1ccccc1.Cc1ccccc1F. The number of thiophene rings is 1. The molecule has 1 aromatic heterocycles. The van der Waals surface area contributed by atoms with E-state index < -0.39 is 0 Å². The maximum absolute atomic E-state index is 12.3. The summed E-state index contributed by atoms with van der Waals surface area (Å²) >= 11 is 1.87. The number of fused-ring (bicyclic) bond motifs is 8. The van der Waals surface area contributed by atoms with Crippen molar-refractivity contribution in [3.05, 3.63) is 297 Å². The van der Waals surface area contributed by atoms with E-state index in [4.69, 9.17) is 0 Å². The summed E-state index contributed by atoms with van der Waals surface area (Å²) in [6.45, 7) is 23.3. The molecule has 0 fully saturated rings. The summed E-state index contributed by atoms with van der Waals surface area (Å²) in [7, 11) is 0. The average molecular weight is 975 g/mol. The molecule has 0 aliphatic heterocycles. The monoisotopic (exact) mass is 975 g/mol. The molecule has 1 aliphatic carbocycles. The van der Waals surface area contributed by atoms with Gasteiger partial charge in [-0.2, -0.15) is 0 Å². The lowest BCUT2D eigenvalue weighted by Crippen LogP contribution is -2.29. The summed E-state index contributed by atoms with van der Waals surface area (Å²) in [5, 5.41) is 5.47. The quantitative estimate of drug-likeness (QED) is 0.165. The molecule has 0 nitrogen and oxygen atoms in total. The van der Waals surface area contributed by atoms with Gasteiger partial charge in [-0.3, -0.25) is 0 Å². The van der Waals surface area contributed by atoms with Gasteiger partial charge in [-0.1, -0.05) is 256 Å². The average Bonchev–Trinajstić information content (AvgIpc) is 3.92. The molecule has 12 rings (SSSR count). The summed E-state index contributed by atoms with van der Waals surface area (Å²) in [6, 6.07) is 79.4. The number of hydrogen-bond acceptors (Lipinski definition) is 1. The molecule has 0 radical (unpaired) electrons. The lowest BCUT2D eigenvalue weighted by Gasteiger charge is -2.35. The third-order valence-corrected chi connectivity index (χ3v) is 14.6. The van der Waals surface area contributed by atoms with Gasteiger partial charge in [-0.05, 0) is 139 Å². The van der Waals surface area contributed by atoms with Crippen molar-refractivity contribution in [2.45, 2.75) is 87.5 Å². The molecule has 0 amide bonds. The standard InChI is InChI=1S/C33H28.C13H10S.C9H12.C7H7F.C7H8.C2H6/c1-21-9-7-11-25(17-21)33(26-12-8-10-22(2)18-26)30-19-23(3)15-16-29(30)32-28-14-6-5-13-27(28)24(4)20-31(32)33;1-9-6-7-13-11(8-9)10-4-2-3-5-12(10)14-13;1-8(2)9-6-4-3-5-7-9;1-6-4-2-3-5-7(6)8;1-7-5-3-2-4-6-7;1-2/h5-20H,1-4H3;2-8H,1H3;3-8H,1-2H3;2-5H,1H3;2-6H,1H3;1-2H3. The van der Waals surface area contributed by atoms with Crippen molar-refractivity contribution < 1.29 is 4.39 Å². The van der Waals surface area contributed by atoms with Crippen molar-refractivity contribution in [3.8, 4) is 11.1 Å². The third kappa shape index (κ3) is 12.3. The summed E-state index contributed by atoms with van der Waals surface area (Å²) in [5.41, 5.74) is 17.9. The Morgan fingerprint density at radius 1 is 0.370 bits per heavy atom. The Bertz CT molecular complexity index is 3480. The fraction of sp³-hybridized carbons (Fsp3) is 0.183. The third-order valence-electron chi connectivity index (χ3n) is 13.4. The highest BCUT2D eigenvalue weighted by molar-refractivity contribution is 7.25. The maximum Gasteiger partial charge on any atom is 0.126 e. The summed E-state index contributed by atoms with van der Waals surface area (Å²) in [4.78, 5) is 0. The molecule has 73 heavy (non-hydrogen) atoms. The Morgan fingerprint density at radius 3 is 1.41 bits per heavy atom. The number of aryl methyl sites for hydroxylation is 7. The fourth-order valence-electron chi connectivity index (χ4n) is 9.78. The predicted molar refractivity (Wildman–Crippen MR) is 318 cm³/mol. The van der Waals surface area contributed by atoms with Gasteiger partial charge in [0.25, 0.3) is 0 Å². The minimum absolute atomic E-state index is 0.132. The first kappa shape index (κ1) is 53.4. The van der Waals surface area contributed by atoms with Crippen molar-refractivity contribution in [1.82, 2.24) is 0 Å². The molecule has 368 valence electrons. The van der Waals surface area contributed by atoms with E-state index in [0.29, 0.717) is 11.5 Å². The van der Waals surface area contributed by atoms with Crippen LogP contribution in [0.1, 0.15) is 100 Å². The Labute approximate surface area is 439 Å². The van der Waals surface area contributed by atoms with Crippen LogP contribution in [-0.2, 0) is 5.41 Å². The Morgan fingerprint density at radius 2 is 0.863 bits per heavy atom. The molecule has 0 N–H and O–H groups in total. The fourth-order valence-corrected chi connectivity index (χ4v) is 10.9. The van der Waals surface area contributed by atoms with E-state index in [1.54, 1.807) is 19.1 Å². The van der Waals surface area contributed by atoms with Crippen LogP contribution in [-0.4, -0.2) is 0 Å². The van der Waals surface area contributed by atoms with Gasteiger partial charge in [0.2, 0.25) is 0 Å². The van der Waals surface area contributed by atoms with Crippen LogP contribution in [0.5, 0.6) is 0 Å². The van der Waals surface area contributed by atoms with Gasteiger partial charge < -0.3 is 0 Å². The highest BCUT2D eigenvalue weighted by Crippen LogP contribution is 2.58. The van der Waals surface area contributed by atoms with Crippen LogP contribution in [0.2, 0.25) is 0 Å². The second kappa shape index (κ2) is 24.8. The number of hydrogen-bond donors (Lipinski definition) is 0. The van der Waals surface area contributed by atoms with Crippen LogP contribution >= 0.6 is 11.3 Å². The van der Waals surface area contributed by atoms with Crippen molar-refractivity contribution in [2.75, 3.05) is 0 Å². The number of halogens is 1. The summed E-state index contributed by atoms with van der Waals surface area (Å²) in [5.74, 6) is 0.527. The smallest absolute Gasteiger partial charge is 0.126 e. The molecule has 0 unspecified atom stereocenters. The topological polar surface area (TPSA) is 0 Å². The highest BCUT2D eigenvalue weighted by atomic mass is 32.1. The van der Waals surface area contributed by atoms with Crippen LogP contribution in [0, 0.1) is 54.3 Å². The molecule has 1 heterocycles. The maximum atomic E-state index is 12.3. The van der Waals surface area contributed by atoms with E-state index in [9.17, 15) is 4.39 Å². The molecular weight excluding hydrogens is 904 g/mol. The molecule has 0 spiro atoms. The van der Waals surface area contributed by atoms with Crippen LogP contribution in [0.15, 0.2) is 224 Å². The molecule has 0 saturated heterocycles. The van der Waals surface area contributed by atoms with Gasteiger partial charge in [-0.25, -0.2) is 4.39 Å². The molecular formula is C71H71FS. The largest absolute Gasteiger partial charge is 0.207 e. The molecule has 0 bridgehead atoms. The summed E-state index contributed by atoms with van der Waals surface area (Å²) in [6.07, 6.45) is 0. The predicted octanol–water partition coefficient (Wildman–Crippen LogP) is 20.8. The highest BCUT2D eigenvalue weighted by Gasteiger charge is 2.47. The first-order valence-corrected chi connectivity index (χ1v) is 26.6. The van der Waals surface area contributed by atoms with Gasteiger partial charge in [0.15, 0.2) is 0 Å². The lowest BCUT2D eigenvalue weighted by molar-refractivity contribution is 0.618. The van der Waals surface area contributed by atoms with Crippen LogP contribution in [0.3, 0.4) is 0 Å². The van der Waals surface area contributed by atoms with E-state index in [1.165, 1.54) is 109 Å². The zero-order valence-corrected chi connectivity index (χ0v) is 45.5. The molecule has 11 aromatic rings. The minimum Gasteiger partial charge on any atom is -0.207 e. The van der Waals surface area contributed by atoms with E-state index in [0.717, 1.165) is 0 Å². The molecule has 10 aromatic carbocycles. The van der Waals surface area contributed by atoms with Gasteiger partial charge >= 0.3 is 0 Å². The van der Waals surface area contributed by atoms with Gasteiger partial charge in [0, 0.05) is 20.2 Å². The van der Waals surface area contributed by atoms with Crippen LogP contribution in [0.4, 0.5) is 4.39 Å². The van der Waals surface area contributed by atoms with Crippen molar-refractivity contribution >= 4 is 42.3 Å². The number of benzene rings is 10. The zero-order chi connectivity index (χ0) is 52.1. The van der Waals surface area contributed by atoms with E-state index in [1.807, 2.05) is 55.5 Å². The lowest BCUT2D eigenvalue weighted by atomic mass is 9.66. The Hall–Kier alpha value is -7.39. The molecule has 0 saturated carbocycles. The van der Waals surface area contributed by atoms with Crippen molar-refractivity contribution in [3.63, 3.8) is 0 Å². The first-order valence-electron chi connectivity index (χ1n) is 25.8. The molecule has 0 atom stereocenters. The van der Waals surface area contributed by atoms with E-state index >= 15 is 0 Å². The van der Waals surface area contributed by atoms with Crippen molar-refractivity contribution in [1.29, 1.82) is 0 Å². The van der Waals surface area contributed by atoms with E-state index in [-0.39, 0.29) is 11.2 Å². The summed E-state index contributed by atoms with van der Waals surface area (Å²) < 4.78 is 15.1. The molecule has 1 aliphatic rings. The normalized spacial score (nSPS) is 11.5. The Kier molecular flexibility index (Phi) is 18.2. The van der Waals surface area contributed by atoms with Gasteiger partial charge in [-0.15, -0.1) is 11.3 Å². The molecule has 2 heteroatoms.